The summed E-state index contributed by atoms with van der Waals surface area (Å²) in [5.74, 6) is 0. The second-order valence-electron chi connectivity index (χ2n) is 26.4. The molecule has 2 nitrogen and oxygen atoms in total. The van der Waals surface area contributed by atoms with Crippen LogP contribution in [-0.4, -0.2) is 34.5 Å². The van der Waals surface area contributed by atoms with Crippen LogP contribution >= 0.6 is 70.5 Å². The topological polar surface area (TPSA) is 18.5 Å². The monoisotopic (exact) mass is 1570 g/mol. The van der Waals surface area contributed by atoms with Crippen molar-refractivity contribution < 1.29 is 9.31 Å². The zero-order chi connectivity index (χ0) is 68.4. The van der Waals surface area contributed by atoms with Gasteiger partial charge in [-0.15, -0.1) is 22.7 Å². The van der Waals surface area contributed by atoms with Gasteiger partial charge in [-0.25, -0.2) is 0 Å². The molecule has 0 unspecified atom stereocenters. The Bertz CT molecular complexity index is 5450. The first-order chi connectivity index (χ1) is 48.8. The molecule has 101 heavy (non-hydrogen) atoms. The molecule has 16 aromatic rings. The number of benzene rings is 14. The number of fused-ring (bicyclic) bond motifs is 6. The Morgan fingerprint density at radius 3 is 0.980 bits per heavy atom. The minimum Gasteiger partial charge on any atom is -0.399 e. The van der Waals surface area contributed by atoms with Crippen molar-refractivity contribution in [3.05, 3.63) is 365 Å². The van der Waals surface area contributed by atoms with Gasteiger partial charge in [-0.1, -0.05) is 352 Å². The molecule has 0 N–H and O–H groups in total. The van der Waals surface area contributed by atoms with Crippen molar-refractivity contribution in [1.82, 2.24) is 0 Å². The fourth-order valence-electron chi connectivity index (χ4n) is 14.5. The molecule has 2 aromatic heterocycles. The second kappa shape index (κ2) is 29.8. The Kier molecular flexibility index (Phi) is 20.5. The lowest BCUT2D eigenvalue weighted by Crippen LogP contribution is -2.74. The highest BCUT2D eigenvalue weighted by Gasteiger charge is 2.52. The quantitative estimate of drug-likeness (QED) is 0.0897. The van der Waals surface area contributed by atoms with Crippen LogP contribution in [0.2, 0.25) is 0 Å². The molecule has 0 radical (unpaired) electrons. The molecule has 0 saturated carbocycles. The molecular formula is C91H74BBr3O2S2Si2. The fourth-order valence-corrected chi connectivity index (χ4v) is 28.4. The van der Waals surface area contributed by atoms with Gasteiger partial charge in [-0.2, -0.15) is 0 Å². The van der Waals surface area contributed by atoms with Gasteiger partial charge >= 0.3 is 7.12 Å². The Hall–Kier alpha value is -8.62. The van der Waals surface area contributed by atoms with Crippen LogP contribution < -0.4 is 47.0 Å². The van der Waals surface area contributed by atoms with E-state index in [9.17, 15) is 0 Å². The van der Waals surface area contributed by atoms with Gasteiger partial charge in [-0.3, -0.25) is 0 Å². The predicted octanol–water partition coefficient (Wildman–Crippen LogP) is 20.8. The Balaban J connectivity index is 0.000000135. The summed E-state index contributed by atoms with van der Waals surface area (Å²) >= 11 is 14.9. The molecule has 1 fully saturated rings. The fraction of sp³-hybridized carbons (Fsp3) is 0.0769. The second-order valence-corrected chi connectivity index (χ2v) is 38.9. The van der Waals surface area contributed by atoms with Gasteiger partial charge in [0.2, 0.25) is 0 Å². The van der Waals surface area contributed by atoms with Gasteiger partial charge in [0.1, 0.15) is 0 Å². The third-order valence-electron chi connectivity index (χ3n) is 19.9. The first-order valence-corrected chi connectivity index (χ1v) is 41.8. The van der Waals surface area contributed by atoms with E-state index in [1.165, 1.54) is 115 Å². The molecule has 0 atom stereocenters. The van der Waals surface area contributed by atoms with E-state index in [2.05, 4.69) is 427 Å². The van der Waals surface area contributed by atoms with Crippen LogP contribution in [0.5, 0.6) is 0 Å². The molecule has 0 spiro atoms. The van der Waals surface area contributed by atoms with Crippen molar-refractivity contribution >= 4 is 181 Å². The van der Waals surface area contributed by atoms with E-state index in [1.807, 2.05) is 22.7 Å². The Morgan fingerprint density at radius 2 is 0.574 bits per heavy atom. The van der Waals surface area contributed by atoms with Crippen LogP contribution in [0.1, 0.15) is 35.1 Å². The van der Waals surface area contributed by atoms with Gasteiger partial charge in [0.25, 0.3) is 0 Å². The third kappa shape index (κ3) is 13.5. The third-order valence-corrected chi connectivity index (χ3v) is 33.4. The van der Waals surface area contributed by atoms with E-state index in [4.69, 9.17) is 9.31 Å². The SMILES string of the molecule is Brc1cccc([Si](c2ccccc2)(c2ccccc2)c2cccc(-c3cccc(-c4cccc5c4sc4ccccc45)c3)c2)c1.Brc1cccc([Si](c2ccccc2)(c2ccccc2)c2cccc(Br)c2)c1.C.CC1(C)OB(c2cccc(-c3cccc4c3sc3ccccc34)c2)OC1(C)C. The van der Waals surface area contributed by atoms with E-state index < -0.39 is 16.1 Å². The van der Waals surface area contributed by atoms with Crippen molar-refractivity contribution in [1.29, 1.82) is 0 Å². The average molecular weight is 1570 g/mol. The highest BCUT2D eigenvalue weighted by molar-refractivity contribution is 9.11. The van der Waals surface area contributed by atoms with Crippen molar-refractivity contribution in [3.8, 4) is 33.4 Å². The van der Waals surface area contributed by atoms with Gasteiger partial charge in [0, 0.05) is 53.8 Å². The van der Waals surface area contributed by atoms with Crippen LogP contribution in [0.3, 0.4) is 0 Å². The first kappa shape index (κ1) is 69.5. The smallest absolute Gasteiger partial charge is 0.399 e. The highest BCUT2D eigenvalue weighted by atomic mass is 79.9. The van der Waals surface area contributed by atoms with Crippen molar-refractivity contribution in [2.75, 3.05) is 0 Å². The van der Waals surface area contributed by atoms with E-state index >= 15 is 0 Å². The van der Waals surface area contributed by atoms with Crippen LogP contribution in [0.25, 0.3) is 73.7 Å². The molecule has 0 bridgehead atoms. The highest BCUT2D eigenvalue weighted by Crippen LogP contribution is 2.43. The summed E-state index contributed by atoms with van der Waals surface area (Å²) < 4.78 is 21.2. The van der Waals surface area contributed by atoms with Gasteiger partial charge in [-0.05, 0) is 163 Å². The van der Waals surface area contributed by atoms with E-state index in [0.29, 0.717) is 0 Å². The molecule has 1 aliphatic rings. The summed E-state index contributed by atoms with van der Waals surface area (Å²) in [6, 6.07) is 128. The molecule has 1 aliphatic heterocycles. The average Bonchev–Trinajstić information content (AvgIpc) is 1.72. The van der Waals surface area contributed by atoms with Gasteiger partial charge in [0.05, 0.1) is 11.2 Å². The standard InChI is InChI=1S/C42H29BrSSi.C24H23BO2S.C24H18Br2Si.CH4/c43-33-16-11-22-37(29-33)45(34-17-3-1-4-18-34,35-19-5-2-6-20-35)36-21-10-14-31(28-36)30-13-9-15-32(27-30)38-24-12-25-40-39-23-7-8-26-41(39)44-42(38)40;1-23(2)24(3,4)27-25(26-23)17-10-7-9-16(15-17)18-12-8-13-20-19-11-5-6-14-21(19)28-22(18)20;25-19-9-7-15-23(17-19)27(21-11-3-1-4-12-21,22-13-5-2-6-14-22)24-16-8-10-20(26)18-24;/h1-29H;5-15H,1-4H3;1-18H;1H4. The zero-order valence-electron chi connectivity index (χ0n) is 55.8. The van der Waals surface area contributed by atoms with Crippen molar-refractivity contribution in [2.45, 2.75) is 46.3 Å². The number of rotatable bonds is 12. The van der Waals surface area contributed by atoms with E-state index in [1.54, 1.807) is 0 Å². The zero-order valence-corrected chi connectivity index (χ0v) is 64.2. The van der Waals surface area contributed by atoms with Crippen LogP contribution in [0.4, 0.5) is 0 Å². The van der Waals surface area contributed by atoms with E-state index in [0.717, 1.165) is 18.9 Å². The van der Waals surface area contributed by atoms with Crippen LogP contribution in [0, 0.1) is 0 Å². The van der Waals surface area contributed by atoms with Gasteiger partial charge < -0.3 is 9.31 Å². The maximum atomic E-state index is 6.26. The molecule has 14 aromatic carbocycles. The van der Waals surface area contributed by atoms with Crippen LogP contribution in [-0.2, 0) is 9.31 Å². The number of hydrogen-bond donors (Lipinski definition) is 0. The normalized spacial score (nSPS) is 13.3. The molecule has 0 amide bonds. The molecule has 0 aliphatic carbocycles. The first-order valence-electron chi connectivity index (χ1n) is 33.8. The molecule has 1 saturated heterocycles. The number of halogens is 3. The minimum absolute atomic E-state index is 0. The lowest BCUT2D eigenvalue weighted by atomic mass is 9.78. The van der Waals surface area contributed by atoms with Gasteiger partial charge in [0.15, 0.2) is 16.1 Å². The number of hydrogen-bond acceptors (Lipinski definition) is 4. The summed E-state index contributed by atoms with van der Waals surface area (Å²) in [6.07, 6.45) is 0. The Morgan fingerprint density at radius 1 is 0.277 bits per heavy atom. The summed E-state index contributed by atoms with van der Waals surface area (Å²) in [4.78, 5) is 0. The lowest BCUT2D eigenvalue weighted by Gasteiger charge is -2.34. The Labute approximate surface area is 629 Å². The number of thiophene rings is 2. The molecule has 17 rings (SSSR count). The van der Waals surface area contributed by atoms with Crippen molar-refractivity contribution in [2.24, 2.45) is 0 Å². The molecule has 3 heterocycles. The lowest BCUT2D eigenvalue weighted by molar-refractivity contribution is 0.00578. The largest absolute Gasteiger partial charge is 0.494 e. The van der Waals surface area contributed by atoms with Crippen LogP contribution in [0.15, 0.2) is 365 Å². The maximum absolute atomic E-state index is 6.26. The predicted molar refractivity (Wildman–Crippen MR) is 454 cm³/mol. The van der Waals surface area contributed by atoms with Crippen molar-refractivity contribution in [3.63, 3.8) is 0 Å². The molecular weight excluding hydrogens is 1500 g/mol. The molecule has 494 valence electrons. The maximum Gasteiger partial charge on any atom is 0.494 e. The summed E-state index contributed by atoms with van der Waals surface area (Å²) in [5, 5.41) is 16.3. The minimum atomic E-state index is -2.66. The van der Waals surface area contributed by atoms with E-state index in [-0.39, 0.29) is 25.7 Å². The summed E-state index contributed by atoms with van der Waals surface area (Å²) in [7, 11) is -5.42. The molecule has 10 heteroatoms. The summed E-state index contributed by atoms with van der Waals surface area (Å²) in [6.45, 7) is 8.37. The summed E-state index contributed by atoms with van der Waals surface area (Å²) in [5.41, 5.74) is 7.85.